The molecule has 0 unspecified atom stereocenters. The third kappa shape index (κ3) is 2.89. The fraction of sp³-hybridized carbons (Fsp3) is 0.0625. The second-order valence-corrected chi connectivity index (χ2v) is 5.61. The van der Waals surface area contributed by atoms with E-state index in [1.54, 1.807) is 6.20 Å². The molecule has 0 N–H and O–H groups in total. The Morgan fingerprint density at radius 1 is 1.00 bits per heavy atom. The first kappa shape index (κ1) is 13.3. The molecule has 1 aromatic heterocycles. The van der Waals surface area contributed by atoms with E-state index in [0.717, 1.165) is 27.0 Å². The van der Waals surface area contributed by atoms with Gasteiger partial charge in [-0.15, -0.1) is 0 Å². The highest BCUT2D eigenvalue weighted by Crippen LogP contribution is 2.29. The average Bonchev–Trinajstić information content (AvgIpc) is 2.49. The molecule has 0 aliphatic heterocycles. The summed E-state index contributed by atoms with van der Waals surface area (Å²) in [6, 6.07) is 15.9. The van der Waals surface area contributed by atoms with Crippen LogP contribution < -0.4 is 4.74 Å². The third-order valence-corrected chi connectivity index (χ3v) is 3.95. The van der Waals surface area contributed by atoms with Crippen molar-refractivity contribution >= 4 is 32.4 Å². The molecule has 0 radical (unpaired) electrons. The van der Waals surface area contributed by atoms with Crippen molar-refractivity contribution in [1.29, 1.82) is 0 Å². The molecule has 1 heterocycles. The Labute approximate surface area is 126 Å². The summed E-state index contributed by atoms with van der Waals surface area (Å²) in [6.07, 6.45) is 1.79. The second kappa shape index (κ2) is 5.73. The van der Waals surface area contributed by atoms with Crippen LogP contribution in [0.25, 0.3) is 10.8 Å². The van der Waals surface area contributed by atoms with Crippen LogP contribution in [0.15, 0.2) is 59.6 Å². The SMILES string of the molecule is Cc1ccc(Oc2ccc3cc(SCl)ccc3c2)nc1. The van der Waals surface area contributed by atoms with E-state index in [4.69, 9.17) is 15.4 Å². The van der Waals surface area contributed by atoms with Crippen LogP contribution in [-0.2, 0) is 0 Å². The molecule has 100 valence electrons. The van der Waals surface area contributed by atoms with Crippen LogP contribution >= 0.6 is 21.7 Å². The van der Waals surface area contributed by atoms with E-state index in [1.807, 2.05) is 49.4 Å². The number of nitrogens with zero attached hydrogens (tertiary/aromatic N) is 1. The van der Waals surface area contributed by atoms with Crippen molar-refractivity contribution in [2.45, 2.75) is 11.8 Å². The zero-order valence-electron chi connectivity index (χ0n) is 10.8. The molecule has 0 fully saturated rings. The molecule has 0 aliphatic rings. The van der Waals surface area contributed by atoms with E-state index in [1.165, 1.54) is 11.0 Å². The van der Waals surface area contributed by atoms with E-state index in [-0.39, 0.29) is 0 Å². The summed E-state index contributed by atoms with van der Waals surface area (Å²) in [7, 11) is 6.99. The fourth-order valence-electron chi connectivity index (χ4n) is 1.95. The highest BCUT2D eigenvalue weighted by Gasteiger charge is 2.02. The monoisotopic (exact) mass is 301 g/mol. The first-order valence-corrected chi connectivity index (χ1v) is 7.82. The van der Waals surface area contributed by atoms with Crippen molar-refractivity contribution < 1.29 is 4.74 Å². The number of aromatic nitrogens is 1. The second-order valence-electron chi connectivity index (χ2n) is 4.52. The van der Waals surface area contributed by atoms with Crippen LogP contribution in [0, 0.1) is 6.92 Å². The molecule has 3 rings (SSSR count). The number of benzene rings is 2. The molecule has 0 aliphatic carbocycles. The zero-order chi connectivity index (χ0) is 13.9. The van der Waals surface area contributed by atoms with Crippen LogP contribution in [-0.4, -0.2) is 4.98 Å². The number of rotatable bonds is 3. The van der Waals surface area contributed by atoms with Crippen LogP contribution in [0.1, 0.15) is 5.56 Å². The molecule has 0 atom stereocenters. The van der Waals surface area contributed by atoms with Gasteiger partial charge in [-0.05, 0) is 69.2 Å². The summed E-state index contributed by atoms with van der Waals surface area (Å²) in [4.78, 5) is 5.27. The molecular weight excluding hydrogens is 290 g/mol. The number of ether oxygens (including phenoxy) is 1. The van der Waals surface area contributed by atoms with Gasteiger partial charge in [0.1, 0.15) is 5.75 Å². The number of hydrogen-bond donors (Lipinski definition) is 0. The number of pyridine rings is 1. The highest BCUT2D eigenvalue weighted by molar-refractivity contribution is 8.21. The van der Waals surface area contributed by atoms with Gasteiger partial charge in [0.05, 0.1) is 0 Å². The Kier molecular flexibility index (Phi) is 3.81. The standard InChI is InChI=1S/C16H12ClNOS/c1-11-2-7-16(18-10-11)19-14-5-3-13-9-15(20-17)6-4-12(13)8-14/h2-10H,1H3. The van der Waals surface area contributed by atoms with Crippen molar-refractivity contribution in [1.82, 2.24) is 4.98 Å². The van der Waals surface area contributed by atoms with E-state index in [2.05, 4.69) is 11.1 Å². The first-order valence-electron chi connectivity index (χ1n) is 6.17. The van der Waals surface area contributed by atoms with Crippen LogP contribution in [0.3, 0.4) is 0 Å². The number of hydrogen-bond acceptors (Lipinski definition) is 3. The van der Waals surface area contributed by atoms with E-state index in [9.17, 15) is 0 Å². The van der Waals surface area contributed by atoms with Crippen molar-refractivity contribution in [3.05, 3.63) is 60.3 Å². The van der Waals surface area contributed by atoms with Gasteiger partial charge in [0.15, 0.2) is 0 Å². The number of fused-ring (bicyclic) bond motifs is 1. The Hall–Kier alpha value is -1.71. The minimum Gasteiger partial charge on any atom is -0.439 e. The van der Waals surface area contributed by atoms with E-state index < -0.39 is 0 Å². The predicted octanol–water partition coefficient (Wildman–Crippen LogP) is 5.58. The van der Waals surface area contributed by atoms with Gasteiger partial charge in [0.25, 0.3) is 0 Å². The van der Waals surface area contributed by atoms with Gasteiger partial charge in [0.2, 0.25) is 5.88 Å². The lowest BCUT2D eigenvalue weighted by atomic mass is 10.1. The molecule has 0 amide bonds. The molecule has 4 heteroatoms. The molecule has 0 bridgehead atoms. The maximum absolute atomic E-state index is 5.76. The Balaban J connectivity index is 1.90. The molecule has 20 heavy (non-hydrogen) atoms. The molecule has 2 aromatic carbocycles. The Morgan fingerprint density at radius 3 is 2.55 bits per heavy atom. The van der Waals surface area contributed by atoms with Crippen LogP contribution in [0.2, 0.25) is 0 Å². The minimum atomic E-state index is 0.600. The normalized spacial score (nSPS) is 10.7. The number of halogens is 1. The lowest BCUT2D eigenvalue weighted by Crippen LogP contribution is -1.88. The lowest BCUT2D eigenvalue weighted by Gasteiger charge is -2.06. The first-order chi connectivity index (χ1) is 9.74. The van der Waals surface area contributed by atoms with Crippen molar-refractivity contribution in [2.24, 2.45) is 0 Å². The van der Waals surface area contributed by atoms with Gasteiger partial charge < -0.3 is 4.74 Å². The Morgan fingerprint density at radius 2 is 1.80 bits per heavy atom. The molecule has 2 nitrogen and oxygen atoms in total. The van der Waals surface area contributed by atoms with E-state index >= 15 is 0 Å². The van der Waals surface area contributed by atoms with Gasteiger partial charge in [0, 0.05) is 17.2 Å². The molecule has 0 saturated heterocycles. The Bertz CT molecular complexity index is 743. The summed E-state index contributed by atoms with van der Waals surface area (Å²) < 4.78 is 5.76. The van der Waals surface area contributed by atoms with Crippen LogP contribution in [0.5, 0.6) is 11.6 Å². The third-order valence-electron chi connectivity index (χ3n) is 2.98. The van der Waals surface area contributed by atoms with E-state index in [0.29, 0.717) is 5.88 Å². The maximum Gasteiger partial charge on any atom is 0.219 e. The fourth-order valence-corrected chi connectivity index (χ4v) is 2.53. The molecule has 0 saturated carbocycles. The molecular formula is C16H12ClNOS. The van der Waals surface area contributed by atoms with Gasteiger partial charge in [-0.3, -0.25) is 0 Å². The topological polar surface area (TPSA) is 22.1 Å². The summed E-state index contributed by atoms with van der Waals surface area (Å²) in [5.74, 6) is 1.38. The summed E-state index contributed by atoms with van der Waals surface area (Å²) >= 11 is 0. The minimum absolute atomic E-state index is 0.600. The maximum atomic E-state index is 5.76. The van der Waals surface area contributed by atoms with Gasteiger partial charge in [-0.25, -0.2) is 4.98 Å². The average molecular weight is 302 g/mol. The zero-order valence-corrected chi connectivity index (χ0v) is 12.4. The molecule has 0 spiro atoms. The van der Waals surface area contributed by atoms with Gasteiger partial charge >= 0.3 is 0 Å². The number of aryl methyl sites for hydroxylation is 1. The highest BCUT2D eigenvalue weighted by atomic mass is 35.7. The smallest absolute Gasteiger partial charge is 0.219 e. The largest absolute Gasteiger partial charge is 0.439 e. The van der Waals surface area contributed by atoms with Crippen molar-refractivity contribution in [2.75, 3.05) is 0 Å². The summed E-state index contributed by atoms with van der Waals surface area (Å²) in [5.41, 5.74) is 1.11. The van der Waals surface area contributed by atoms with Crippen LogP contribution in [0.4, 0.5) is 0 Å². The lowest BCUT2D eigenvalue weighted by molar-refractivity contribution is 0.463. The molecule has 3 aromatic rings. The van der Waals surface area contributed by atoms with Gasteiger partial charge in [-0.2, -0.15) is 0 Å². The summed E-state index contributed by atoms with van der Waals surface area (Å²) in [5, 5.41) is 2.25. The van der Waals surface area contributed by atoms with Gasteiger partial charge in [-0.1, -0.05) is 18.2 Å². The predicted molar refractivity (Wildman–Crippen MR) is 84.7 cm³/mol. The summed E-state index contributed by atoms with van der Waals surface area (Å²) in [6.45, 7) is 2.00. The quantitative estimate of drug-likeness (QED) is 0.630. The van der Waals surface area contributed by atoms with Crippen molar-refractivity contribution in [3.8, 4) is 11.6 Å². The van der Waals surface area contributed by atoms with Crippen molar-refractivity contribution in [3.63, 3.8) is 0 Å².